The fourth-order valence-corrected chi connectivity index (χ4v) is 6.00. The number of halogens is 3. The fourth-order valence-electron chi connectivity index (χ4n) is 6.00. The van der Waals surface area contributed by atoms with Crippen LogP contribution in [0.25, 0.3) is 16.9 Å². The first-order chi connectivity index (χ1) is 24.4. The molecule has 0 aliphatic carbocycles. The van der Waals surface area contributed by atoms with Crippen molar-refractivity contribution in [1.29, 1.82) is 0 Å². The number of morpholine rings is 1. The topological polar surface area (TPSA) is 138 Å². The third-order valence-electron chi connectivity index (χ3n) is 8.73. The number of hydrogen-bond acceptors (Lipinski definition) is 10. The molecule has 0 spiro atoms. The maximum Gasteiger partial charge on any atom is 0.417 e. The number of methoxy groups -OCH3 is 1. The third kappa shape index (κ3) is 7.78. The first-order valence-corrected chi connectivity index (χ1v) is 16.1. The van der Waals surface area contributed by atoms with Crippen molar-refractivity contribution >= 4 is 40.7 Å². The lowest BCUT2D eigenvalue weighted by atomic mass is 10.1. The van der Waals surface area contributed by atoms with Crippen molar-refractivity contribution < 1.29 is 37.0 Å². The van der Waals surface area contributed by atoms with E-state index in [-0.39, 0.29) is 29.0 Å². The molecule has 3 aromatic heterocycles. The smallest absolute Gasteiger partial charge is 0.417 e. The van der Waals surface area contributed by atoms with E-state index in [1.807, 2.05) is 11.0 Å². The van der Waals surface area contributed by atoms with Gasteiger partial charge in [0.15, 0.2) is 11.6 Å². The summed E-state index contributed by atoms with van der Waals surface area (Å²) in [5.74, 6) is -0.481. The maximum atomic E-state index is 14.3. The minimum atomic E-state index is -4.81. The number of aromatic nitrogens is 4. The second kappa shape index (κ2) is 14.7. The fraction of sp³-hybridized carbons (Fsp3) is 0.353. The molecule has 0 saturated carbocycles. The van der Waals surface area contributed by atoms with Gasteiger partial charge in [-0.3, -0.25) is 19.8 Å². The number of anilines is 3. The predicted molar refractivity (Wildman–Crippen MR) is 182 cm³/mol. The molecule has 268 valence electrons. The molecule has 5 heterocycles. The molecule has 0 bridgehead atoms. The number of piperazine rings is 1. The summed E-state index contributed by atoms with van der Waals surface area (Å²) in [5.41, 5.74) is 1.13. The monoisotopic (exact) mass is 707 g/mol. The minimum absolute atomic E-state index is 0.134. The number of nitrogens with zero attached hydrogens (tertiary/aromatic N) is 8. The Morgan fingerprint density at radius 2 is 1.82 bits per heavy atom. The number of amides is 3. The molecule has 1 aromatic carbocycles. The van der Waals surface area contributed by atoms with Crippen LogP contribution in [-0.4, -0.2) is 114 Å². The molecule has 6 rings (SSSR count). The van der Waals surface area contributed by atoms with Gasteiger partial charge in [-0.05, 0) is 42.0 Å². The Bertz CT molecular complexity index is 1950. The van der Waals surface area contributed by atoms with Crippen LogP contribution in [0.15, 0.2) is 61.4 Å². The van der Waals surface area contributed by atoms with E-state index in [0.717, 1.165) is 24.9 Å². The van der Waals surface area contributed by atoms with E-state index in [9.17, 15) is 27.6 Å². The molecular formula is C34H36F3N9O5. The van der Waals surface area contributed by atoms with Gasteiger partial charge in [-0.2, -0.15) is 13.2 Å². The maximum absolute atomic E-state index is 14.3. The number of alkyl halides is 3. The number of benzene rings is 1. The molecule has 0 unspecified atom stereocenters. The molecule has 51 heavy (non-hydrogen) atoms. The number of fused-ring (bicyclic) bond motifs is 1. The van der Waals surface area contributed by atoms with E-state index in [2.05, 4.69) is 36.6 Å². The van der Waals surface area contributed by atoms with Crippen molar-refractivity contribution in [3.8, 4) is 11.4 Å². The SMILES string of the molecule is C=CC(=O)N(C)c1cccc(C(=O)N2CCN(Cc3cc4c(N5CCOCC5)nc(-c5cnc(NC(=O)OC)cc5C(F)(F)F)nn4c3)CC2)c1. The summed E-state index contributed by atoms with van der Waals surface area (Å²) in [7, 11) is 2.71. The second-order valence-corrected chi connectivity index (χ2v) is 12.0. The zero-order valence-corrected chi connectivity index (χ0v) is 28.0. The van der Waals surface area contributed by atoms with Crippen LogP contribution in [-0.2, 0) is 27.0 Å². The van der Waals surface area contributed by atoms with Gasteiger partial charge in [0.05, 0.1) is 31.5 Å². The van der Waals surface area contributed by atoms with Crippen LogP contribution >= 0.6 is 0 Å². The third-order valence-corrected chi connectivity index (χ3v) is 8.73. The highest BCUT2D eigenvalue weighted by Crippen LogP contribution is 2.38. The zero-order valence-electron chi connectivity index (χ0n) is 28.0. The summed E-state index contributed by atoms with van der Waals surface area (Å²) in [6.45, 7) is 7.99. The van der Waals surface area contributed by atoms with Crippen LogP contribution in [0.3, 0.4) is 0 Å². The van der Waals surface area contributed by atoms with Crippen LogP contribution < -0.4 is 15.1 Å². The Kier molecular flexibility index (Phi) is 10.2. The molecule has 14 nitrogen and oxygen atoms in total. The summed E-state index contributed by atoms with van der Waals surface area (Å²) in [5, 5.41) is 6.66. The van der Waals surface area contributed by atoms with Crippen molar-refractivity contribution in [2.75, 3.05) is 81.8 Å². The summed E-state index contributed by atoms with van der Waals surface area (Å²) >= 11 is 0. The minimum Gasteiger partial charge on any atom is -0.453 e. The highest BCUT2D eigenvalue weighted by Gasteiger charge is 2.36. The molecule has 3 amide bonds. The predicted octanol–water partition coefficient (Wildman–Crippen LogP) is 3.93. The van der Waals surface area contributed by atoms with E-state index in [1.165, 1.54) is 15.5 Å². The Balaban J connectivity index is 1.23. The molecule has 17 heteroatoms. The van der Waals surface area contributed by atoms with Gasteiger partial charge in [0, 0.05) is 76.5 Å². The van der Waals surface area contributed by atoms with Gasteiger partial charge in [-0.1, -0.05) is 12.6 Å². The lowest BCUT2D eigenvalue weighted by molar-refractivity contribution is -0.137. The van der Waals surface area contributed by atoms with Crippen LogP contribution in [0.4, 0.5) is 35.3 Å². The van der Waals surface area contributed by atoms with Crippen molar-refractivity contribution in [3.63, 3.8) is 0 Å². The van der Waals surface area contributed by atoms with Crippen molar-refractivity contribution in [2.45, 2.75) is 12.7 Å². The Morgan fingerprint density at radius 3 is 2.51 bits per heavy atom. The van der Waals surface area contributed by atoms with Crippen molar-refractivity contribution in [1.82, 2.24) is 29.4 Å². The van der Waals surface area contributed by atoms with Gasteiger partial charge in [0.2, 0.25) is 5.91 Å². The largest absolute Gasteiger partial charge is 0.453 e. The van der Waals surface area contributed by atoms with Gasteiger partial charge in [-0.15, -0.1) is 5.10 Å². The van der Waals surface area contributed by atoms with Crippen LogP contribution in [0.1, 0.15) is 21.5 Å². The summed E-state index contributed by atoms with van der Waals surface area (Å²) < 4.78 is 54.5. The molecule has 1 N–H and O–H groups in total. The van der Waals surface area contributed by atoms with Gasteiger partial charge >= 0.3 is 12.3 Å². The van der Waals surface area contributed by atoms with Crippen LogP contribution in [0.5, 0.6) is 0 Å². The number of ether oxygens (including phenoxy) is 2. The number of nitrogens with one attached hydrogen (secondary N) is 1. The van der Waals surface area contributed by atoms with Crippen LogP contribution in [0.2, 0.25) is 0 Å². The molecule has 2 saturated heterocycles. The second-order valence-electron chi connectivity index (χ2n) is 12.0. The average Bonchev–Trinajstić information content (AvgIpc) is 3.56. The molecular weight excluding hydrogens is 671 g/mol. The van der Waals surface area contributed by atoms with Gasteiger partial charge in [0.25, 0.3) is 5.91 Å². The zero-order chi connectivity index (χ0) is 36.3. The summed E-state index contributed by atoms with van der Waals surface area (Å²) in [6.07, 6.45) is -1.80. The average molecular weight is 708 g/mol. The number of rotatable bonds is 8. The lowest BCUT2D eigenvalue weighted by Gasteiger charge is -2.34. The summed E-state index contributed by atoms with van der Waals surface area (Å²) in [6, 6.07) is 9.54. The highest BCUT2D eigenvalue weighted by molar-refractivity contribution is 6.02. The Morgan fingerprint density at radius 1 is 1.08 bits per heavy atom. The molecule has 2 aliphatic heterocycles. The number of carbonyl (C=O) groups excluding carboxylic acids is 3. The molecule has 2 aliphatic rings. The first kappa shape index (κ1) is 35.3. The van der Waals surface area contributed by atoms with E-state index < -0.39 is 17.8 Å². The standard InChI is InChI=1S/C34H36F3N9O5/c1-4-29(47)42(2)24-7-5-6-23(17-24)32(48)45-10-8-43(9-11-45)20-22-16-27-31(44-12-14-51-15-13-44)40-30(41-46(27)21-22)25-19-38-28(39-33(49)50-3)18-26(25)34(35,36)37/h4-7,16-19,21H,1,8-15,20H2,2-3H3,(H,38,39,49). The summed E-state index contributed by atoms with van der Waals surface area (Å²) in [4.78, 5) is 53.0. The van der Waals surface area contributed by atoms with Crippen molar-refractivity contribution in [3.05, 3.63) is 78.1 Å². The van der Waals surface area contributed by atoms with Gasteiger partial charge in [-0.25, -0.2) is 19.3 Å². The lowest BCUT2D eigenvalue weighted by Crippen LogP contribution is -2.48. The molecule has 2 fully saturated rings. The van der Waals surface area contributed by atoms with Gasteiger partial charge < -0.3 is 24.2 Å². The van der Waals surface area contributed by atoms with E-state index in [4.69, 9.17) is 4.74 Å². The Labute approximate surface area is 291 Å². The van der Waals surface area contributed by atoms with Crippen molar-refractivity contribution in [2.24, 2.45) is 0 Å². The Hall–Kier alpha value is -5.55. The molecule has 0 atom stereocenters. The van der Waals surface area contributed by atoms with Gasteiger partial charge in [0.1, 0.15) is 11.3 Å². The number of likely N-dealkylation sites (N-methyl/N-ethyl adjacent to an activating group) is 1. The van der Waals surface area contributed by atoms with Crippen LogP contribution in [0, 0.1) is 0 Å². The normalized spacial score (nSPS) is 15.5. The number of carbonyl (C=O) groups is 3. The quantitative estimate of drug-likeness (QED) is 0.268. The number of hydrogen-bond donors (Lipinski definition) is 1. The molecule has 0 radical (unpaired) electrons. The van der Waals surface area contributed by atoms with E-state index in [0.29, 0.717) is 81.6 Å². The molecule has 4 aromatic rings. The number of pyridine rings is 1. The first-order valence-electron chi connectivity index (χ1n) is 16.1. The van der Waals surface area contributed by atoms with E-state index in [1.54, 1.807) is 42.4 Å². The van der Waals surface area contributed by atoms with E-state index >= 15 is 0 Å². The highest BCUT2D eigenvalue weighted by atomic mass is 19.4.